The van der Waals surface area contributed by atoms with Crippen LogP contribution < -0.4 is 15.0 Å². The van der Waals surface area contributed by atoms with Crippen LogP contribution in [0, 0.1) is 6.92 Å². The van der Waals surface area contributed by atoms with Gasteiger partial charge >= 0.3 is 0 Å². The zero-order valence-electron chi connectivity index (χ0n) is 13.6. The van der Waals surface area contributed by atoms with Crippen molar-refractivity contribution in [1.82, 2.24) is 9.97 Å². The van der Waals surface area contributed by atoms with Gasteiger partial charge in [-0.3, -0.25) is 14.5 Å². The lowest BCUT2D eigenvalue weighted by Gasteiger charge is -2.28. The quantitative estimate of drug-likeness (QED) is 0.924. The van der Waals surface area contributed by atoms with Gasteiger partial charge in [0, 0.05) is 12.3 Å². The normalized spacial score (nSPS) is 13.2. The van der Waals surface area contributed by atoms with Gasteiger partial charge in [-0.25, -0.2) is 9.97 Å². The third kappa shape index (κ3) is 3.34. The third-order valence-corrected chi connectivity index (χ3v) is 3.54. The topological polar surface area (TPSA) is 84.4 Å². The fraction of sp³-hybridized carbons (Fsp3) is 0.294. The molecule has 24 heavy (non-hydrogen) atoms. The molecule has 1 aliphatic heterocycles. The lowest BCUT2D eigenvalue weighted by Crippen LogP contribution is -2.43. The first-order chi connectivity index (χ1) is 11.6. The van der Waals surface area contributed by atoms with Crippen molar-refractivity contribution < 1.29 is 14.3 Å². The van der Waals surface area contributed by atoms with Gasteiger partial charge in [0.2, 0.25) is 17.7 Å². The number of hydrogen-bond acceptors (Lipinski definition) is 5. The summed E-state index contributed by atoms with van der Waals surface area (Å²) in [5.41, 5.74) is 2.05. The molecular weight excluding hydrogens is 308 g/mol. The average molecular weight is 326 g/mol. The minimum atomic E-state index is -0.237. The molecule has 3 heterocycles. The number of aryl methyl sites for hydroxylation is 1. The van der Waals surface area contributed by atoms with E-state index in [-0.39, 0.29) is 24.8 Å². The number of hydrogen-bond donors (Lipinski definition) is 1. The molecule has 0 fully saturated rings. The van der Waals surface area contributed by atoms with E-state index < -0.39 is 0 Å². The molecule has 2 aromatic rings. The summed E-state index contributed by atoms with van der Waals surface area (Å²) in [7, 11) is 0. The zero-order valence-corrected chi connectivity index (χ0v) is 13.6. The van der Waals surface area contributed by atoms with E-state index in [4.69, 9.17) is 4.74 Å². The van der Waals surface area contributed by atoms with Crippen molar-refractivity contribution in [3.05, 3.63) is 41.7 Å². The van der Waals surface area contributed by atoms with Crippen molar-refractivity contribution in [3.63, 3.8) is 0 Å². The maximum absolute atomic E-state index is 12.7. The lowest BCUT2D eigenvalue weighted by atomic mass is 10.2. The number of fused-ring (bicyclic) bond motifs is 1. The van der Waals surface area contributed by atoms with Gasteiger partial charge in [0.15, 0.2) is 5.82 Å². The molecule has 2 amide bonds. The number of aromatic nitrogens is 2. The molecule has 7 heteroatoms. The minimum Gasteiger partial charge on any atom is -0.478 e. The standard InChI is InChI=1S/C17H18N4O3/c1-3-24-15-6-4-5-12(19-15)8-16(23)21-10-14(22)20-13-7-11(2)9-18-17(13)21/h4-7,9H,3,8,10H2,1-2H3,(H,20,22). The minimum absolute atomic E-state index is 0.0486. The Labute approximate surface area is 139 Å². The predicted molar refractivity (Wildman–Crippen MR) is 89.1 cm³/mol. The summed E-state index contributed by atoms with van der Waals surface area (Å²) >= 11 is 0. The van der Waals surface area contributed by atoms with E-state index in [1.807, 2.05) is 13.8 Å². The Balaban J connectivity index is 1.83. The van der Waals surface area contributed by atoms with Gasteiger partial charge in [-0.15, -0.1) is 0 Å². The van der Waals surface area contributed by atoms with Gasteiger partial charge in [-0.05, 0) is 31.5 Å². The summed E-state index contributed by atoms with van der Waals surface area (Å²) in [6.07, 6.45) is 1.74. The van der Waals surface area contributed by atoms with Crippen molar-refractivity contribution in [3.8, 4) is 5.88 Å². The summed E-state index contributed by atoms with van der Waals surface area (Å²) in [4.78, 5) is 34.5. The van der Waals surface area contributed by atoms with Gasteiger partial charge in [-0.1, -0.05) is 6.07 Å². The molecular formula is C17H18N4O3. The first-order valence-electron chi connectivity index (χ1n) is 7.72. The van der Waals surface area contributed by atoms with Crippen molar-refractivity contribution in [2.45, 2.75) is 20.3 Å². The van der Waals surface area contributed by atoms with E-state index >= 15 is 0 Å². The molecule has 0 spiro atoms. The molecule has 0 saturated heterocycles. The highest BCUT2D eigenvalue weighted by Crippen LogP contribution is 2.28. The largest absolute Gasteiger partial charge is 0.478 e. The van der Waals surface area contributed by atoms with Crippen molar-refractivity contribution >= 4 is 23.3 Å². The number of carbonyl (C=O) groups is 2. The first kappa shape index (κ1) is 15.9. The van der Waals surface area contributed by atoms with Gasteiger partial charge in [0.05, 0.1) is 24.4 Å². The van der Waals surface area contributed by atoms with Crippen molar-refractivity contribution in [2.24, 2.45) is 0 Å². The summed E-state index contributed by atoms with van der Waals surface area (Å²) in [5.74, 6) is 0.474. The molecule has 1 aliphatic rings. The zero-order chi connectivity index (χ0) is 17.1. The Hall–Kier alpha value is -2.96. The molecule has 0 atom stereocenters. The Bertz CT molecular complexity index is 791. The van der Waals surface area contributed by atoms with Crippen molar-refractivity contribution in [2.75, 3.05) is 23.4 Å². The molecule has 0 unspecified atom stereocenters. The highest BCUT2D eigenvalue weighted by Gasteiger charge is 2.28. The molecule has 0 bridgehead atoms. The number of carbonyl (C=O) groups excluding carboxylic acids is 2. The SMILES string of the molecule is CCOc1cccc(CC(=O)N2CC(=O)Nc3cc(C)cnc32)n1. The summed E-state index contributed by atoms with van der Waals surface area (Å²) in [5, 5.41) is 2.74. The number of nitrogens with zero attached hydrogens (tertiary/aromatic N) is 3. The second kappa shape index (κ2) is 6.66. The van der Waals surface area contributed by atoms with Crippen LogP contribution in [0.25, 0.3) is 0 Å². The van der Waals surface area contributed by atoms with Gasteiger partial charge in [-0.2, -0.15) is 0 Å². The third-order valence-electron chi connectivity index (χ3n) is 3.54. The smallest absolute Gasteiger partial charge is 0.244 e. The van der Waals surface area contributed by atoms with Crippen LogP contribution in [0.4, 0.5) is 11.5 Å². The molecule has 0 aliphatic carbocycles. The van der Waals surface area contributed by atoms with Crippen LogP contribution in [0.2, 0.25) is 0 Å². The fourth-order valence-corrected chi connectivity index (χ4v) is 2.52. The summed E-state index contributed by atoms with van der Waals surface area (Å²) in [6.45, 7) is 4.21. The average Bonchev–Trinajstić information content (AvgIpc) is 2.54. The Morgan fingerprint density at radius 2 is 2.25 bits per heavy atom. The number of ether oxygens (including phenoxy) is 1. The maximum Gasteiger partial charge on any atom is 0.244 e. The highest BCUT2D eigenvalue weighted by atomic mass is 16.5. The van der Waals surface area contributed by atoms with Crippen LogP contribution in [0.5, 0.6) is 5.88 Å². The second-order valence-corrected chi connectivity index (χ2v) is 5.49. The van der Waals surface area contributed by atoms with E-state index in [2.05, 4.69) is 15.3 Å². The maximum atomic E-state index is 12.7. The molecule has 124 valence electrons. The van der Waals surface area contributed by atoms with Crippen LogP contribution in [0.15, 0.2) is 30.5 Å². The molecule has 1 N–H and O–H groups in total. The van der Waals surface area contributed by atoms with E-state index in [0.717, 1.165) is 5.56 Å². The molecule has 7 nitrogen and oxygen atoms in total. The van der Waals surface area contributed by atoms with E-state index in [0.29, 0.717) is 29.7 Å². The molecule has 0 aromatic carbocycles. The van der Waals surface area contributed by atoms with Gasteiger partial charge < -0.3 is 10.1 Å². The van der Waals surface area contributed by atoms with E-state index in [9.17, 15) is 9.59 Å². The van der Waals surface area contributed by atoms with Gasteiger partial charge in [0.1, 0.15) is 6.54 Å². The second-order valence-electron chi connectivity index (χ2n) is 5.49. The van der Waals surface area contributed by atoms with Crippen LogP contribution in [0.3, 0.4) is 0 Å². The number of nitrogens with one attached hydrogen (secondary N) is 1. The van der Waals surface area contributed by atoms with E-state index in [1.54, 1.807) is 30.5 Å². The summed E-state index contributed by atoms with van der Waals surface area (Å²) < 4.78 is 5.35. The fourth-order valence-electron chi connectivity index (χ4n) is 2.52. The van der Waals surface area contributed by atoms with Crippen LogP contribution in [0.1, 0.15) is 18.2 Å². The predicted octanol–water partition coefficient (Wildman–Crippen LogP) is 1.71. The number of pyridine rings is 2. The number of rotatable bonds is 4. The lowest BCUT2D eigenvalue weighted by molar-refractivity contribution is -0.121. The van der Waals surface area contributed by atoms with Gasteiger partial charge in [0.25, 0.3) is 0 Å². The van der Waals surface area contributed by atoms with E-state index in [1.165, 1.54) is 4.90 Å². The Morgan fingerprint density at radius 1 is 1.42 bits per heavy atom. The first-order valence-corrected chi connectivity index (χ1v) is 7.72. The van der Waals surface area contributed by atoms with Crippen molar-refractivity contribution in [1.29, 1.82) is 0 Å². The monoisotopic (exact) mass is 326 g/mol. The molecule has 2 aromatic heterocycles. The highest BCUT2D eigenvalue weighted by molar-refractivity contribution is 6.09. The molecule has 0 radical (unpaired) electrons. The number of anilines is 2. The summed E-state index contributed by atoms with van der Waals surface area (Å²) in [6, 6.07) is 7.09. The molecule has 0 saturated carbocycles. The molecule has 3 rings (SSSR count). The Kier molecular flexibility index (Phi) is 4.41. The van der Waals surface area contributed by atoms with Crippen LogP contribution in [-0.4, -0.2) is 34.9 Å². The van der Waals surface area contributed by atoms with Crippen LogP contribution in [-0.2, 0) is 16.0 Å². The Morgan fingerprint density at radius 3 is 3.04 bits per heavy atom. The number of amides is 2. The van der Waals surface area contributed by atoms with Crippen LogP contribution >= 0.6 is 0 Å².